The number of benzene rings is 3. The minimum atomic E-state index is -0.396. The highest BCUT2D eigenvalue weighted by Crippen LogP contribution is 2.34. The molecule has 0 spiro atoms. The molecule has 0 fully saturated rings. The van der Waals surface area contributed by atoms with Crippen LogP contribution in [-0.4, -0.2) is 19.7 Å². The molecule has 0 radical (unpaired) electrons. The third kappa shape index (κ3) is 2.51. The monoisotopic (exact) mass is 366 g/mol. The molecular formula is C22H14N4O2. The molecule has 0 aliphatic carbocycles. The van der Waals surface area contributed by atoms with Gasteiger partial charge in [0, 0.05) is 34.7 Å². The number of para-hydroxylation sites is 1. The van der Waals surface area contributed by atoms with Crippen LogP contribution < -0.4 is 0 Å². The van der Waals surface area contributed by atoms with Crippen LogP contribution in [0.4, 0.5) is 5.69 Å². The second kappa shape index (κ2) is 6.28. The minimum Gasteiger partial charge on any atom is -0.258 e. The largest absolute Gasteiger partial charge is 0.271 e. The van der Waals surface area contributed by atoms with E-state index in [9.17, 15) is 10.1 Å². The van der Waals surface area contributed by atoms with Gasteiger partial charge in [-0.15, -0.1) is 0 Å². The van der Waals surface area contributed by atoms with Crippen molar-refractivity contribution in [2.24, 2.45) is 0 Å². The van der Waals surface area contributed by atoms with Gasteiger partial charge in [0.1, 0.15) is 5.69 Å². The molecule has 28 heavy (non-hydrogen) atoms. The molecule has 0 bridgehead atoms. The van der Waals surface area contributed by atoms with Crippen LogP contribution in [-0.2, 0) is 0 Å². The number of rotatable bonds is 3. The highest BCUT2D eigenvalue weighted by atomic mass is 16.6. The maximum Gasteiger partial charge on any atom is 0.271 e. The molecule has 0 N–H and O–H groups in total. The van der Waals surface area contributed by atoms with Crippen molar-refractivity contribution in [2.75, 3.05) is 0 Å². The number of pyridine rings is 1. The quantitative estimate of drug-likeness (QED) is 0.327. The van der Waals surface area contributed by atoms with Crippen molar-refractivity contribution in [1.29, 1.82) is 0 Å². The van der Waals surface area contributed by atoms with Crippen LogP contribution in [0.5, 0.6) is 0 Å². The fourth-order valence-electron chi connectivity index (χ4n) is 3.47. The maximum absolute atomic E-state index is 11.3. The zero-order valence-electron chi connectivity index (χ0n) is 14.7. The van der Waals surface area contributed by atoms with E-state index in [-0.39, 0.29) is 5.69 Å². The highest BCUT2D eigenvalue weighted by Gasteiger charge is 2.18. The van der Waals surface area contributed by atoms with Crippen molar-refractivity contribution in [3.63, 3.8) is 0 Å². The summed E-state index contributed by atoms with van der Waals surface area (Å²) in [6.07, 6.45) is 1.82. The second-order valence-corrected chi connectivity index (χ2v) is 6.44. The van der Waals surface area contributed by atoms with E-state index in [2.05, 4.69) is 4.98 Å². The van der Waals surface area contributed by atoms with Crippen molar-refractivity contribution < 1.29 is 4.92 Å². The first-order chi connectivity index (χ1) is 13.7. The molecule has 0 aliphatic heterocycles. The minimum absolute atomic E-state index is 0.0285. The summed E-state index contributed by atoms with van der Waals surface area (Å²) in [5.74, 6) is 0. The van der Waals surface area contributed by atoms with Gasteiger partial charge in [0.25, 0.3) is 5.69 Å². The Labute approximate surface area is 159 Å². The summed E-state index contributed by atoms with van der Waals surface area (Å²) in [7, 11) is 0. The van der Waals surface area contributed by atoms with Crippen LogP contribution in [0.1, 0.15) is 0 Å². The number of fused-ring (bicyclic) bond motifs is 3. The fraction of sp³-hybridized carbons (Fsp3) is 0. The lowest BCUT2D eigenvalue weighted by atomic mass is 10.1. The Bertz CT molecular complexity index is 1340. The average Bonchev–Trinajstić information content (AvgIpc) is 3.15. The molecule has 0 unspecified atom stereocenters. The molecule has 5 rings (SSSR count). The number of nitro groups is 1. The fourth-order valence-corrected chi connectivity index (χ4v) is 3.47. The van der Waals surface area contributed by atoms with Crippen LogP contribution in [0, 0.1) is 10.1 Å². The molecule has 0 aliphatic rings. The molecule has 3 aromatic carbocycles. The number of hydrogen-bond acceptors (Lipinski definition) is 4. The SMILES string of the molecule is O=[N+]([O-])c1cccc(-n2nc(-c3ccccc3)c3cnc4ccccc4c32)c1. The van der Waals surface area contributed by atoms with Gasteiger partial charge in [-0.3, -0.25) is 15.1 Å². The lowest BCUT2D eigenvalue weighted by molar-refractivity contribution is -0.384. The first-order valence-corrected chi connectivity index (χ1v) is 8.79. The molecule has 134 valence electrons. The van der Waals surface area contributed by atoms with Gasteiger partial charge in [-0.2, -0.15) is 5.10 Å². The predicted molar refractivity (Wildman–Crippen MR) is 108 cm³/mol. The molecule has 0 atom stereocenters. The van der Waals surface area contributed by atoms with Crippen molar-refractivity contribution >= 4 is 27.5 Å². The molecule has 2 heterocycles. The number of non-ortho nitro benzene ring substituents is 1. The first kappa shape index (κ1) is 16.1. The Morgan fingerprint density at radius 3 is 2.46 bits per heavy atom. The van der Waals surface area contributed by atoms with E-state index in [4.69, 9.17) is 5.10 Å². The van der Waals surface area contributed by atoms with E-state index in [0.29, 0.717) is 5.69 Å². The van der Waals surface area contributed by atoms with Crippen LogP contribution >= 0.6 is 0 Å². The Kier molecular flexibility index (Phi) is 3.62. The molecule has 2 aromatic heterocycles. The summed E-state index contributed by atoms with van der Waals surface area (Å²) in [6, 6.07) is 24.2. The number of hydrogen-bond donors (Lipinski definition) is 0. The highest BCUT2D eigenvalue weighted by molar-refractivity contribution is 6.08. The van der Waals surface area contributed by atoms with Gasteiger partial charge in [-0.25, -0.2) is 4.68 Å². The molecule has 5 aromatic rings. The molecule has 0 saturated heterocycles. The normalized spacial score (nSPS) is 11.1. The van der Waals surface area contributed by atoms with Crippen LogP contribution in [0.2, 0.25) is 0 Å². The summed E-state index contributed by atoms with van der Waals surface area (Å²) in [6.45, 7) is 0. The summed E-state index contributed by atoms with van der Waals surface area (Å²) in [5.41, 5.74) is 4.15. The summed E-state index contributed by atoms with van der Waals surface area (Å²) in [4.78, 5) is 15.4. The van der Waals surface area contributed by atoms with E-state index in [1.54, 1.807) is 10.7 Å². The second-order valence-electron chi connectivity index (χ2n) is 6.44. The number of aromatic nitrogens is 3. The lowest BCUT2D eigenvalue weighted by Gasteiger charge is -2.05. The first-order valence-electron chi connectivity index (χ1n) is 8.79. The molecule has 6 nitrogen and oxygen atoms in total. The van der Waals surface area contributed by atoms with Crippen LogP contribution in [0.15, 0.2) is 85.1 Å². The summed E-state index contributed by atoms with van der Waals surface area (Å²) in [5, 5.41) is 17.9. The van der Waals surface area contributed by atoms with Gasteiger partial charge in [0.15, 0.2) is 0 Å². The standard InChI is InChI=1S/C22H14N4O2/c27-26(28)17-10-6-9-16(13-17)25-22-18-11-4-5-12-20(18)23-14-19(22)21(24-25)15-7-2-1-3-8-15/h1-14H. The van der Waals surface area contributed by atoms with Gasteiger partial charge in [0.05, 0.1) is 21.6 Å². The topological polar surface area (TPSA) is 73.8 Å². The third-order valence-electron chi connectivity index (χ3n) is 4.75. The number of nitrogens with zero attached hydrogens (tertiary/aromatic N) is 4. The summed E-state index contributed by atoms with van der Waals surface area (Å²) < 4.78 is 1.77. The van der Waals surface area contributed by atoms with E-state index < -0.39 is 4.92 Å². The van der Waals surface area contributed by atoms with Crippen LogP contribution in [0.3, 0.4) is 0 Å². The molecule has 0 amide bonds. The van der Waals surface area contributed by atoms with E-state index in [1.807, 2.05) is 66.9 Å². The van der Waals surface area contributed by atoms with Crippen molar-refractivity contribution in [3.05, 3.63) is 95.2 Å². The predicted octanol–water partition coefficient (Wildman–Crippen LogP) is 5.15. The smallest absolute Gasteiger partial charge is 0.258 e. The Morgan fingerprint density at radius 2 is 1.64 bits per heavy atom. The van der Waals surface area contributed by atoms with Gasteiger partial charge in [-0.1, -0.05) is 54.6 Å². The molecule has 6 heteroatoms. The van der Waals surface area contributed by atoms with E-state index in [0.717, 1.165) is 33.1 Å². The van der Waals surface area contributed by atoms with Gasteiger partial charge < -0.3 is 0 Å². The van der Waals surface area contributed by atoms with Crippen LogP contribution in [0.25, 0.3) is 38.8 Å². The Morgan fingerprint density at radius 1 is 0.857 bits per heavy atom. The average molecular weight is 366 g/mol. The van der Waals surface area contributed by atoms with E-state index >= 15 is 0 Å². The molecule has 0 saturated carbocycles. The van der Waals surface area contributed by atoms with E-state index in [1.165, 1.54) is 12.1 Å². The Hall–Kier alpha value is -4.06. The van der Waals surface area contributed by atoms with Crippen molar-refractivity contribution in [1.82, 2.24) is 14.8 Å². The zero-order valence-corrected chi connectivity index (χ0v) is 14.7. The number of nitro benzene ring substituents is 1. The molecular weight excluding hydrogens is 352 g/mol. The lowest BCUT2D eigenvalue weighted by Crippen LogP contribution is -1.98. The van der Waals surface area contributed by atoms with Crippen molar-refractivity contribution in [2.45, 2.75) is 0 Å². The van der Waals surface area contributed by atoms with Gasteiger partial charge in [0.2, 0.25) is 0 Å². The Balaban J connectivity index is 1.89. The maximum atomic E-state index is 11.3. The van der Waals surface area contributed by atoms with Gasteiger partial charge in [-0.05, 0) is 12.1 Å². The van der Waals surface area contributed by atoms with Crippen molar-refractivity contribution in [3.8, 4) is 16.9 Å². The van der Waals surface area contributed by atoms with Gasteiger partial charge >= 0.3 is 0 Å². The summed E-state index contributed by atoms with van der Waals surface area (Å²) >= 11 is 0. The zero-order chi connectivity index (χ0) is 19.1. The third-order valence-corrected chi connectivity index (χ3v) is 4.75.